The van der Waals surface area contributed by atoms with Crippen molar-refractivity contribution in [1.29, 1.82) is 0 Å². The van der Waals surface area contributed by atoms with E-state index in [-0.39, 0.29) is 0 Å². The van der Waals surface area contributed by atoms with E-state index in [9.17, 15) is 0 Å². The maximum atomic E-state index is 5.70. The molecule has 0 saturated heterocycles. The van der Waals surface area contributed by atoms with Gasteiger partial charge in [-0.15, -0.1) is 0 Å². The molecule has 6 aromatic rings. The van der Waals surface area contributed by atoms with Crippen LogP contribution in [-0.2, 0) is 0 Å². The fourth-order valence-corrected chi connectivity index (χ4v) is 3.69. The molecule has 5 heterocycles. The molecular formula is C31H36ClN11. The molecule has 222 valence electrons. The Morgan fingerprint density at radius 2 is 0.977 bits per heavy atom. The van der Waals surface area contributed by atoms with E-state index in [1.54, 1.807) is 24.7 Å². The van der Waals surface area contributed by atoms with Crippen LogP contribution in [-0.4, -0.2) is 55.5 Å². The lowest BCUT2D eigenvalue weighted by Gasteiger charge is -1.96. The van der Waals surface area contributed by atoms with Crippen LogP contribution in [0.4, 0.5) is 0 Å². The van der Waals surface area contributed by atoms with Crippen LogP contribution in [0.25, 0.3) is 34.2 Å². The number of nitrogens with one attached hydrogen (secondary N) is 3. The average molecular weight is 598 g/mol. The number of pyridine rings is 2. The fourth-order valence-electron chi connectivity index (χ4n) is 3.58. The van der Waals surface area contributed by atoms with Gasteiger partial charge in [0.2, 0.25) is 0 Å². The van der Waals surface area contributed by atoms with Gasteiger partial charge < -0.3 is 0 Å². The molecule has 0 unspecified atom stereocenters. The van der Waals surface area contributed by atoms with Gasteiger partial charge in [0, 0.05) is 53.0 Å². The van der Waals surface area contributed by atoms with Crippen LogP contribution >= 0.6 is 11.6 Å². The van der Waals surface area contributed by atoms with Gasteiger partial charge in [-0.1, -0.05) is 83.5 Å². The first kappa shape index (κ1) is 31.2. The van der Waals surface area contributed by atoms with E-state index in [0.29, 0.717) is 28.7 Å². The van der Waals surface area contributed by atoms with Crippen LogP contribution in [0.5, 0.6) is 0 Å². The zero-order valence-corrected chi connectivity index (χ0v) is 25.9. The third kappa shape index (κ3) is 8.86. The van der Waals surface area contributed by atoms with Crippen LogP contribution in [0.15, 0.2) is 73.2 Å². The zero-order chi connectivity index (χ0) is 30.8. The number of aromatic amines is 3. The summed E-state index contributed by atoms with van der Waals surface area (Å²) in [6.07, 6.45) is 5.14. The predicted octanol–water partition coefficient (Wildman–Crippen LogP) is 7.23. The quantitative estimate of drug-likeness (QED) is 0.170. The van der Waals surface area contributed by atoms with E-state index in [1.807, 2.05) is 48.5 Å². The van der Waals surface area contributed by atoms with Gasteiger partial charge in [0.05, 0.1) is 0 Å². The van der Waals surface area contributed by atoms with E-state index in [1.165, 1.54) is 0 Å². The monoisotopic (exact) mass is 597 g/mol. The second-order valence-corrected chi connectivity index (χ2v) is 11.0. The molecule has 0 amide bonds. The summed E-state index contributed by atoms with van der Waals surface area (Å²) in [5.41, 5.74) is 2.90. The Labute approximate surface area is 256 Å². The van der Waals surface area contributed by atoms with Gasteiger partial charge in [0.1, 0.15) is 22.6 Å². The molecule has 5 aromatic heterocycles. The Bertz CT molecular complexity index is 1570. The van der Waals surface area contributed by atoms with Crippen molar-refractivity contribution in [2.75, 3.05) is 0 Å². The van der Waals surface area contributed by atoms with Crippen molar-refractivity contribution < 1.29 is 0 Å². The number of rotatable bonds is 6. The molecule has 3 N–H and O–H groups in total. The summed E-state index contributed by atoms with van der Waals surface area (Å²) in [5, 5.41) is 21.7. The Morgan fingerprint density at radius 3 is 1.37 bits per heavy atom. The zero-order valence-electron chi connectivity index (χ0n) is 25.1. The van der Waals surface area contributed by atoms with Crippen LogP contribution in [0.3, 0.4) is 0 Å². The Morgan fingerprint density at radius 1 is 0.535 bits per heavy atom. The highest BCUT2D eigenvalue weighted by Crippen LogP contribution is 2.19. The Balaban J connectivity index is 0.000000148. The molecule has 11 nitrogen and oxygen atoms in total. The summed E-state index contributed by atoms with van der Waals surface area (Å²) < 4.78 is 0. The molecule has 0 spiro atoms. The first-order chi connectivity index (χ1) is 20.7. The molecule has 0 atom stereocenters. The second-order valence-electron chi connectivity index (χ2n) is 10.6. The summed E-state index contributed by atoms with van der Waals surface area (Å²) in [6, 6.07) is 17.3. The standard InChI is InChI=1S/C11H13N3.C10H11ClN4.C10H12N4/c1-8(2)10-12-11(14-13-10)9-6-4-3-5-7-9;1-6(2)9-13-10(15-14-9)7-3-4-8(11)12-5-7;1-7(2)9-12-10(14-13-9)8-3-5-11-6-4-8/h3-8H,1-2H3,(H,12,13,14);3-6H,1-2H3,(H,13,14,15);3-7H,1-2H3,(H,12,13,14). The van der Waals surface area contributed by atoms with E-state index in [4.69, 9.17) is 11.6 Å². The first-order valence-electron chi connectivity index (χ1n) is 14.1. The van der Waals surface area contributed by atoms with Crippen LogP contribution in [0, 0.1) is 0 Å². The molecule has 0 aliphatic heterocycles. The highest BCUT2D eigenvalue weighted by atomic mass is 35.5. The molecule has 12 heteroatoms. The molecule has 0 fully saturated rings. The third-order valence-electron chi connectivity index (χ3n) is 6.10. The van der Waals surface area contributed by atoms with Gasteiger partial charge in [0.15, 0.2) is 17.5 Å². The van der Waals surface area contributed by atoms with Crippen molar-refractivity contribution in [3.63, 3.8) is 0 Å². The minimum Gasteiger partial charge on any atom is -0.265 e. The van der Waals surface area contributed by atoms with E-state index < -0.39 is 0 Å². The number of aromatic nitrogens is 11. The number of nitrogens with zero attached hydrogens (tertiary/aromatic N) is 8. The summed E-state index contributed by atoms with van der Waals surface area (Å²) >= 11 is 5.70. The van der Waals surface area contributed by atoms with Crippen LogP contribution < -0.4 is 0 Å². The smallest absolute Gasteiger partial charge is 0.182 e. The molecule has 6 rings (SSSR count). The third-order valence-corrected chi connectivity index (χ3v) is 6.33. The Kier molecular flexibility index (Phi) is 10.8. The highest BCUT2D eigenvalue weighted by Gasteiger charge is 2.10. The summed E-state index contributed by atoms with van der Waals surface area (Å²) in [7, 11) is 0. The van der Waals surface area contributed by atoms with Gasteiger partial charge in [-0.3, -0.25) is 20.3 Å². The largest absolute Gasteiger partial charge is 0.265 e. The number of halogens is 1. The summed E-state index contributed by atoms with van der Waals surface area (Å²) in [6.45, 7) is 12.5. The molecular weight excluding hydrogens is 562 g/mol. The number of hydrogen-bond donors (Lipinski definition) is 3. The fraction of sp³-hybridized carbons (Fsp3) is 0.290. The molecule has 0 aliphatic carbocycles. The number of hydrogen-bond acceptors (Lipinski definition) is 8. The minimum absolute atomic E-state index is 0.339. The highest BCUT2D eigenvalue weighted by molar-refractivity contribution is 6.29. The van der Waals surface area contributed by atoms with Gasteiger partial charge in [-0.2, -0.15) is 15.3 Å². The minimum atomic E-state index is 0.339. The predicted molar refractivity (Wildman–Crippen MR) is 168 cm³/mol. The lowest BCUT2D eigenvalue weighted by molar-refractivity contribution is 0.781. The van der Waals surface area contributed by atoms with E-state index in [0.717, 1.165) is 45.8 Å². The molecule has 43 heavy (non-hydrogen) atoms. The maximum Gasteiger partial charge on any atom is 0.182 e. The van der Waals surface area contributed by atoms with Gasteiger partial charge in [-0.05, 0) is 24.3 Å². The lowest BCUT2D eigenvalue weighted by atomic mass is 10.2. The van der Waals surface area contributed by atoms with Gasteiger partial charge >= 0.3 is 0 Å². The van der Waals surface area contributed by atoms with E-state index in [2.05, 4.69) is 97.1 Å². The molecule has 0 bridgehead atoms. The van der Waals surface area contributed by atoms with Crippen molar-refractivity contribution in [1.82, 2.24) is 55.5 Å². The van der Waals surface area contributed by atoms with Crippen molar-refractivity contribution in [2.24, 2.45) is 0 Å². The van der Waals surface area contributed by atoms with Crippen LogP contribution in [0.1, 0.15) is 76.8 Å². The normalized spacial score (nSPS) is 10.8. The van der Waals surface area contributed by atoms with Crippen LogP contribution in [0.2, 0.25) is 5.15 Å². The number of H-pyrrole nitrogens is 3. The van der Waals surface area contributed by atoms with Gasteiger partial charge in [0.25, 0.3) is 0 Å². The summed E-state index contributed by atoms with van der Waals surface area (Å²) in [5.74, 6) is 5.98. The van der Waals surface area contributed by atoms with Crippen molar-refractivity contribution in [3.8, 4) is 34.2 Å². The summed E-state index contributed by atoms with van der Waals surface area (Å²) in [4.78, 5) is 21.1. The molecule has 0 saturated carbocycles. The Hall–Kier alpha value is -4.77. The molecule has 1 aromatic carbocycles. The first-order valence-corrected chi connectivity index (χ1v) is 14.4. The molecule has 0 radical (unpaired) electrons. The SMILES string of the molecule is CC(C)c1nc(-c2ccc(Cl)nc2)n[nH]1.CC(C)c1nc(-c2ccccc2)n[nH]1.CC(C)c1nc(-c2ccncc2)n[nH]1. The molecule has 0 aliphatic rings. The van der Waals surface area contributed by atoms with Crippen molar-refractivity contribution in [3.05, 3.63) is 95.8 Å². The lowest BCUT2D eigenvalue weighted by Crippen LogP contribution is -1.89. The van der Waals surface area contributed by atoms with Gasteiger partial charge in [-0.25, -0.2) is 19.9 Å². The topological polar surface area (TPSA) is 150 Å². The number of benzene rings is 1. The van der Waals surface area contributed by atoms with Crippen molar-refractivity contribution >= 4 is 11.6 Å². The second kappa shape index (κ2) is 14.9. The van der Waals surface area contributed by atoms with E-state index >= 15 is 0 Å². The van der Waals surface area contributed by atoms with Crippen molar-refractivity contribution in [2.45, 2.75) is 59.3 Å². The average Bonchev–Trinajstić information content (AvgIpc) is 3.81. The maximum absolute atomic E-state index is 5.70.